The van der Waals surface area contributed by atoms with Crippen molar-refractivity contribution in [2.24, 2.45) is 11.7 Å². The van der Waals surface area contributed by atoms with Crippen LogP contribution in [0.4, 0.5) is 0 Å². The molecule has 0 saturated carbocycles. The van der Waals surface area contributed by atoms with Crippen molar-refractivity contribution in [3.05, 3.63) is 34.9 Å². The van der Waals surface area contributed by atoms with Crippen LogP contribution in [-0.2, 0) is 0 Å². The summed E-state index contributed by atoms with van der Waals surface area (Å²) in [6.45, 7) is 4.99. The number of halogens is 1. The number of benzene rings is 1. The molecule has 1 aromatic rings. The van der Waals surface area contributed by atoms with E-state index in [1.54, 1.807) is 0 Å². The Morgan fingerprint density at radius 3 is 2.38 bits per heavy atom. The van der Waals surface area contributed by atoms with Crippen molar-refractivity contribution < 1.29 is 0 Å². The van der Waals surface area contributed by atoms with Gasteiger partial charge in [-0.1, -0.05) is 43.6 Å². The Morgan fingerprint density at radius 1 is 1.31 bits per heavy atom. The number of nitrogens with two attached hydrogens (primary N) is 1. The molecule has 0 aliphatic carbocycles. The first-order valence-electron chi connectivity index (χ1n) is 4.61. The molecular formula is C11H16ClN. The second-order valence-electron chi connectivity index (χ2n) is 3.61. The first kappa shape index (κ1) is 10.6. The molecule has 0 fully saturated rings. The first-order chi connectivity index (χ1) is 6.16. The van der Waals surface area contributed by atoms with Crippen molar-refractivity contribution in [1.29, 1.82) is 0 Å². The Morgan fingerprint density at radius 2 is 1.92 bits per heavy atom. The smallest absolute Gasteiger partial charge is 0.0441 e. The van der Waals surface area contributed by atoms with Gasteiger partial charge < -0.3 is 5.73 Å². The zero-order chi connectivity index (χ0) is 9.84. The van der Waals surface area contributed by atoms with E-state index in [2.05, 4.69) is 19.9 Å². The van der Waals surface area contributed by atoms with Gasteiger partial charge in [0, 0.05) is 5.02 Å². The quantitative estimate of drug-likeness (QED) is 0.792. The Kier molecular flexibility index (Phi) is 3.76. The van der Waals surface area contributed by atoms with Gasteiger partial charge in [0.05, 0.1) is 0 Å². The summed E-state index contributed by atoms with van der Waals surface area (Å²) in [6.07, 6.45) is 0. The maximum Gasteiger partial charge on any atom is 0.0441 e. The summed E-state index contributed by atoms with van der Waals surface area (Å²) in [4.78, 5) is 0. The van der Waals surface area contributed by atoms with Gasteiger partial charge in [0.2, 0.25) is 0 Å². The summed E-state index contributed by atoms with van der Waals surface area (Å²) >= 11 is 6.09. The van der Waals surface area contributed by atoms with Crippen LogP contribution < -0.4 is 5.73 Å². The van der Waals surface area contributed by atoms with E-state index in [-0.39, 0.29) is 0 Å². The average Bonchev–Trinajstić information content (AvgIpc) is 2.09. The summed E-state index contributed by atoms with van der Waals surface area (Å²) in [7, 11) is 0. The van der Waals surface area contributed by atoms with Crippen LogP contribution in [-0.4, -0.2) is 6.54 Å². The fourth-order valence-corrected chi connectivity index (χ4v) is 1.81. The van der Waals surface area contributed by atoms with Gasteiger partial charge in [-0.2, -0.15) is 0 Å². The molecule has 1 atom stereocenters. The van der Waals surface area contributed by atoms with Gasteiger partial charge in [0.25, 0.3) is 0 Å². The Hall–Kier alpha value is -0.530. The van der Waals surface area contributed by atoms with Gasteiger partial charge in [0.1, 0.15) is 0 Å². The predicted molar refractivity (Wildman–Crippen MR) is 58.1 cm³/mol. The molecule has 0 aromatic heterocycles. The van der Waals surface area contributed by atoms with Crippen LogP contribution in [0.25, 0.3) is 0 Å². The van der Waals surface area contributed by atoms with E-state index in [1.807, 2.05) is 18.2 Å². The molecule has 1 nitrogen and oxygen atoms in total. The van der Waals surface area contributed by atoms with Crippen LogP contribution >= 0.6 is 11.6 Å². The van der Waals surface area contributed by atoms with Crippen molar-refractivity contribution in [2.45, 2.75) is 19.8 Å². The predicted octanol–water partition coefficient (Wildman–Crippen LogP) is 3.04. The highest BCUT2D eigenvalue weighted by molar-refractivity contribution is 6.31. The molecule has 0 radical (unpaired) electrons. The molecule has 72 valence electrons. The molecule has 0 saturated heterocycles. The highest BCUT2D eigenvalue weighted by Gasteiger charge is 2.15. The molecule has 2 heteroatoms. The lowest BCUT2D eigenvalue weighted by atomic mass is 9.88. The van der Waals surface area contributed by atoms with Gasteiger partial charge in [0.15, 0.2) is 0 Å². The van der Waals surface area contributed by atoms with E-state index in [0.29, 0.717) is 18.4 Å². The molecule has 0 aliphatic heterocycles. The van der Waals surface area contributed by atoms with E-state index < -0.39 is 0 Å². The largest absolute Gasteiger partial charge is 0.330 e. The zero-order valence-corrected chi connectivity index (χ0v) is 8.88. The molecule has 1 aromatic carbocycles. The standard InChI is InChI=1S/C11H16ClN/c1-8(2)10(7-13)9-5-3-4-6-11(9)12/h3-6,8,10H,7,13H2,1-2H3. The summed E-state index contributed by atoms with van der Waals surface area (Å²) in [5.74, 6) is 0.901. The molecule has 13 heavy (non-hydrogen) atoms. The minimum absolute atomic E-state index is 0.369. The van der Waals surface area contributed by atoms with Crippen LogP contribution in [0, 0.1) is 5.92 Å². The van der Waals surface area contributed by atoms with Crippen molar-refractivity contribution in [3.8, 4) is 0 Å². The minimum atomic E-state index is 0.369. The van der Waals surface area contributed by atoms with Crippen LogP contribution in [0.2, 0.25) is 5.02 Å². The SMILES string of the molecule is CC(C)C(CN)c1ccccc1Cl. The summed E-state index contributed by atoms with van der Waals surface area (Å²) < 4.78 is 0. The van der Waals surface area contributed by atoms with Crippen LogP contribution in [0.3, 0.4) is 0 Å². The molecule has 0 amide bonds. The highest BCUT2D eigenvalue weighted by Crippen LogP contribution is 2.28. The molecule has 0 spiro atoms. The molecular weight excluding hydrogens is 182 g/mol. The third kappa shape index (κ3) is 2.45. The third-order valence-corrected chi connectivity index (χ3v) is 2.71. The fourth-order valence-electron chi connectivity index (χ4n) is 1.53. The second-order valence-corrected chi connectivity index (χ2v) is 4.01. The number of hydrogen-bond donors (Lipinski definition) is 1. The van der Waals surface area contributed by atoms with Gasteiger partial charge in [-0.05, 0) is 30.0 Å². The molecule has 0 bridgehead atoms. The van der Waals surface area contributed by atoms with E-state index in [4.69, 9.17) is 17.3 Å². The summed E-state index contributed by atoms with van der Waals surface area (Å²) in [5.41, 5.74) is 6.88. The van der Waals surface area contributed by atoms with Crippen LogP contribution in [0.15, 0.2) is 24.3 Å². The lowest BCUT2D eigenvalue weighted by Crippen LogP contribution is -2.18. The molecule has 1 unspecified atom stereocenters. The Balaban J connectivity index is 2.97. The fraction of sp³-hybridized carbons (Fsp3) is 0.455. The Bertz CT molecular complexity index is 271. The van der Waals surface area contributed by atoms with Crippen molar-refractivity contribution >= 4 is 11.6 Å². The van der Waals surface area contributed by atoms with E-state index in [0.717, 1.165) is 5.02 Å². The summed E-state index contributed by atoms with van der Waals surface area (Å²) in [5, 5.41) is 0.826. The molecule has 0 heterocycles. The monoisotopic (exact) mass is 197 g/mol. The third-order valence-electron chi connectivity index (χ3n) is 2.36. The highest BCUT2D eigenvalue weighted by atomic mass is 35.5. The first-order valence-corrected chi connectivity index (χ1v) is 4.99. The normalized spacial score (nSPS) is 13.3. The zero-order valence-electron chi connectivity index (χ0n) is 8.13. The van der Waals surface area contributed by atoms with Crippen molar-refractivity contribution in [2.75, 3.05) is 6.54 Å². The number of rotatable bonds is 3. The molecule has 2 N–H and O–H groups in total. The lowest BCUT2D eigenvalue weighted by molar-refractivity contribution is 0.506. The van der Waals surface area contributed by atoms with Gasteiger partial charge >= 0.3 is 0 Å². The summed E-state index contributed by atoms with van der Waals surface area (Å²) in [6, 6.07) is 7.92. The van der Waals surface area contributed by atoms with E-state index in [9.17, 15) is 0 Å². The van der Waals surface area contributed by atoms with Crippen molar-refractivity contribution in [3.63, 3.8) is 0 Å². The van der Waals surface area contributed by atoms with E-state index in [1.165, 1.54) is 5.56 Å². The molecule has 0 aliphatic rings. The maximum absolute atomic E-state index is 6.09. The van der Waals surface area contributed by atoms with Gasteiger partial charge in [-0.3, -0.25) is 0 Å². The maximum atomic E-state index is 6.09. The second kappa shape index (κ2) is 4.64. The van der Waals surface area contributed by atoms with E-state index >= 15 is 0 Å². The van der Waals surface area contributed by atoms with Crippen LogP contribution in [0.1, 0.15) is 25.3 Å². The molecule has 1 rings (SSSR count). The van der Waals surface area contributed by atoms with Gasteiger partial charge in [-0.25, -0.2) is 0 Å². The lowest BCUT2D eigenvalue weighted by Gasteiger charge is -2.20. The van der Waals surface area contributed by atoms with Crippen LogP contribution in [0.5, 0.6) is 0 Å². The van der Waals surface area contributed by atoms with Gasteiger partial charge in [-0.15, -0.1) is 0 Å². The van der Waals surface area contributed by atoms with Crippen molar-refractivity contribution in [1.82, 2.24) is 0 Å². The number of hydrogen-bond acceptors (Lipinski definition) is 1. The Labute approximate surface area is 84.9 Å². The topological polar surface area (TPSA) is 26.0 Å². The minimum Gasteiger partial charge on any atom is -0.330 e. The average molecular weight is 198 g/mol.